The van der Waals surface area contributed by atoms with Crippen LogP contribution in [0.2, 0.25) is 0 Å². The van der Waals surface area contributed by atoms with Gasteiger partial charge in [0.25, 0.3) is 11.4 Å². The van der Waals surface area contributed by atoms with E-state index in [-0.39, 0.29) is 41.0 Å². The Morgan fingerprint density at radius 3 is 1.30 bits per heavy atom. The van der Waals surface area contributed by atoms with Crippen LogP contribution in [0, 0.1) is 20.2 Å². The third-order valence-corrected chi connectivity index (χ3v) is 6.54. The van der Waals surface area contributed by atoms with Gasteiger partial charge in [-0.3, -0.25) is 29.8 Å². The fourth-order valence-corrected chi connectivity index (χ4v) is 3.78. The SMILES string of the molecule is CC(=O)C(N=Nc1cc([N+](=O)[O-])ccc1[O-])=C([O-])Nc1ccccc1.CC(=O)C(N=Nc1cc([N+](=O)[O-])ccc1[O-])=C([O-])Nc1ccccc1.CCCCN.[Co+3].[H+]. The van der Waals surface area contributed by atoms with Gasteiger partial charge in [-0.2, -0.15) is 10.2 Å². The molecule has 0 aliphatic carbocycles. The van der Waals surface area contributed by atoms with Crippen molar-refractivity contribution >= 4 is 45.7 Å². The number of benzene rings is 4. The summed E-state index contributed by atoms with van der Waals surface area (Å²) in [6, 6.07) is 22.5. The van der Waals surface area contributed by atoms with E-state index < -0.39 is 56.1 Å². The van der Waals surface area contributed by atoms with E-state index in [1.54, 1.807) is 60.7 Å². The average molecular weight is 814 g/mol. The number of unbranched alkanes of at least 4 members (excludes halogenated alkanes) is 1. The third-order valence-electron chi connectivity index (χ3n) is 6.54. The largest absolute Gasteiger partial charge is 3.00 e. The molecule has 20 heteroatoms. The van der Waals surface area contributed by atoms with Gasteiger partial charge in [-0.25, -0.2) is 0 Å². The van der Waals surface area contributed by atoms with Gasteiger partial charge in [-0.15, -0.1) is 10.2 Å². The smallest absolute Gasteiger partial charge is 0.871 e. The van der Waals surface area contributed by atoms with E-state index in [0.717, 1.165) is 56.8 Å². The number of nitrogens with zero attached hydrogens (tertiary/aromatic N) is 6. The molecular formula is C36H36CoN9O10. The van der Waals surface area contributed by atoms with Crippen molar-refractivity contribution in [1.82, 2.24) is 0 Å². The van der Waals surface area contributed by atoms with E-state index in [0.29, 0.717) is 11.4 Å². The Morgan fingerprint density at radius 2 is 1.04 bits per heavy atom. The van der Waals surface area contributed by atoms with Gasteiger partial charge in [0, 0.05) is 49.5 Å². The zero-order valence-corrected chi connectivity index (χ0v) is 31.1. The summed E-state index contributed by atoms with van der Waals surface area (Å²) in [4.78, 5) is 43.3. The Balaban J connectivity index is 0.000000953. The summed E-state index contributed by atoms with van der Waals surface area (Å²) in [5.41, 5.74) is 3.56. The average Bonchev–Trinajstić information content (AvgIpc) is 3.14. The fourth-order valence-electron chi connectivity index (χ4n) is 3.78. The van der Waals surface area contributed by atoms with Crippen LogP contribution >= 0.6 is 0 Å². The van der Waals surface area contributed by atoms with Crippen molar-refractivity contribution in [3.8, 4) is 11.5 Å². The van der Waals surface area contributed by atoms with E-state index in [1.807, 2.05) is 0 Å². The van der Waals surface area contributed by atoms with E-state index in [9.17, 15) is 50.2 Å². The summed E-state index contributed by atoms with van der Waals surface area (Å²) < 4.78 is 0. The van der Waals surface area contributed by atoms with Crippen molar-refractivity contribution in [3.63, 3.8) is 0 Å². The van der Waals surface area contributed by atoms with Crippen LogP contribution in [-0.2, 0) is 26.4 Å². The minimum absolute atomic E-state index is 0. The van der Waals surface area contributed by atoms with Gasteiger partial charge in [0.15, 0.2) is 11.6 Å². The second-order valence-corrected chi connectivity index (χ2v) is 10.8. The van der Waals surface area contributed by atoms with Crippen LogP contribution < -0.4 is 36.8 Å². The predicted octanol–water partition coefficient (Wildman–Crippen LogP) is 4.82. The van der Waals surface area contributed by atoms with Crippen LogP contribution in [-0.4, -0.2) is 28.0 Å². The van der Waals surface area contributed by atoms with Gasteiger partial charge in [-0.1, -0.05) is 73.4 Å². The zero-order valence-electron chi connectivity index (χ0n) is 31.0. The van der Waals surface area contributed by atoms with Gasteiger partial charge < -0.3 is 36.8 Å². The number of non-ortho nitro benzene ring substituents is 2. The van der Waals surface area contributed by atoms with E-state index >= 15 is 0 Å². The number of nitrogens with two attached hydrogens (primary N) is 1. The molecule has 0 atom stereocenters. The maximum atomic E-state index is 12.1. The molecule has 4 aromatic rings. The number of carbonyl (C=O) groups is 2. The van der Waals surface area contributed by atoms with Gasteiger partial charge in [-0.05, 0) is 49.0 Å². The first kappa shape index (κ1) is 47.0. The van der Waals surface area contributed by atoms with Crippen molar-refractivity contribution in [2.75, 3.05) is 17.2 Å². The summed E-state index contributed by atoms with van der Waals surface area (Å²) in [5.74, 6) is -4.20. The molecule has 4 N–H and O–H groups in total. The van der Waals surface area contributed by atoms with E-state index in [4.69, 9.17) is 5.73 Å². The molecule has 0 saturated carbocycles. The fraction of sp³-hybridized carbons (Fsp3) is 0.167. The molecule has 19 nitrogen and oxygen atoms in total. The monoisotopic (exact) mass is 813 g/mol. The quantitative estimate of drug-likeness (QED) is 0.0506. The standard InChI is InChI=1S/2C16H14N4O5.C4H11N.Co/c2*1-10(21)15(16(23)17-11-5-3-2-4-6-11)19-18-13-9-12(20(24)25)7-8-14(13)22;1-2-3-4-5;/h2*2-9,17,22-23H,1H3;2-5H2,1H3;/q;;;+3/p-3. The van der Waals surface area contributed by atoms with Gasteiger partial charge in [0.1, 0.15) is 11.4 Å². The maximum Gasteiger partial charge on any atom is 3.00 e. The number of para-hydroxylation sites is 2. The Hall–Kier alpha value is -7.03. The van der Waals surface area contributed by atoms with Gasteiger partial charge in [0.05, 0.1) is 21.2 Å². The van der Waals surface area contributed by atoms with Crippen LogP contribution in [0.15, 0.2) is 141 Å². The molecule has 4 rings (SSSR count). The number of nitro groups is 2. The number of allylic oxidation sites excluding steroid dienone is 2. The molecule has 0 saturated heterocycles. The Labute approximate surface area is 332 Å². The minimum atomic E-state index is -0.805. The molecule has 0 heterocycles. The first-order chi connectivity index (χ1) is 26.2. The molecule has 0 bridgehead atoms. The summed E-state index contributed by atoms with van der Waals surface area (Å²) in [5, 5.41) is 88.0. The number of rotatable bonds is 14. The van der Waals surface area contributed by atoms with Crippen LogP contribution in [0.3, 0.4) is 0 Å². The first-order valence-corrected chi connectivity index (χ1v) is 16.1. The number of ketones is 2. The van der Waals surface area contributed by atoms with Crippen molar-refractivity contribution < 1.29 is 58.1 Å². The molecule has 0 aromatic heterocycles. The molecule has 0 fully saturated rings. The summed E-state index contributed by atoms with van der Waals surface area (Å²) in [7, 11) is 0. The zero-order chi connectivity index (χ0) is 40.9. The van der Waals surface area contributed by atoms with Crippen LogP contribution in [0.25, 0.3) is 0 Å². The number of nitrogens with one attached hydrogen (secondary N) is 2. The number of azo groups is 2. The van der Waals surface area contributed by atoms with Crippen molar-refractivity contribution in [2.24, 2.45) is 26.2 Å². The van der Waals surface area contributed by atoms with Crippen molar-refractivity contribution in [3.05, 3.63) is 140 Å². The Kier molecular flexibility index (Phi) is 20.4. The van der Waals surface area contributed by atoms with E-state index in [1.165, 1.54) is 12.8 Å². The number of hydrogen-bond acceptors (Lipinski definition) is 17. The third kappa shape index (κ3) is 15.9. The number of carbonyl (C=O) groups excluding carboxylic acids is 2. The van der Waals surface area contributed by atoms with Gasteiger partial charge >= 0.3 is 18.2 Å². The van der Waals surface area contributed by atoms with Crippen molar-refractivity contribution in [1.29, 1.82) is 0 Å². The number of hydrogen-bond donors (Lipinski definition) is 3. The van der Waals surface area contributed by atoms with E-state index in [2.05, 4.69) is 38.0 Å². The Bertz CT molecular complexity index is 1940. The number of nitro benzene ring substituents is 2. The molecule has 0 aliphatic rings. The van der Waals surface area contributed by atoms with Crippen LogP contribution in [0.5, 0.6) is 11.5 Å². The molecule has 0 radical (unpaired) electrons. The molecule has 0 spiro atoms. The summed E-state index contributed by atoms with van der Waals surface area (Å²) >= 11 is 0. The van der Waals surface area contributed by atoms with Crippen molar-refractivity contribution in [2.45, 2.75) is 33.6 Å². The normalized spacial score (nSPS) is 11.4. The molecule has 56 heavy (non-hydrogen) atoms. The topological polar surface area (TPSA) is 312 Å². The molecule has 0 amide bonds. The maximum absolute atomic E-state index is 12.1. The molecule has 0 aliphatic heterocycles. The second-order valence-electron chi connectivity index (χ2n) is 10.8. The molecule has 4 aromatic carbocycles. The first-order valence-electron chi connectivity index (χ1n) is 16.1. The number of anilines is 2. The summed E-state index contributed by atoms with van der Waals surface area (Å²) in [6.07, 6.45) is 2.39. The molecule has 294 valence electrons. The molecular weight excluding hydrogens is 777 g/mol. The van der Waals surface area contributed by atoms with Crippen LogP contribution in [0.4, 0.5) is 34.1 Å². The number of Topliss-reactive ketones (excluding diaryl/α,β-unsaturated/α-hetero) is 2. The van der Waals surface area contributed by atoms with Gasteiger partial charge in [0.2, 0.25) is 0 Å². The minimum Gasteiger partial charge on any atom is -0.871 e. The second kappa shape index (κ2) is 24.3. The summed E-state index contributed by atoms with van der Waals surface area (Å²) in [6.45, 7) is 5.21. The van der Waals surface area contributed by atoms with Crippen LogP contribution in [0.1, 0.15) is 35.0 Å². The Morgan fingerprint density at radius 1 is 0.679 bits per heavy atom. The predicted molar refractivity (Wildman–Crippen MR) is 195 cm³/mol. The molecule has 0 unspecified atom stereocenters.